The molecule has 0 spiro atoms. The molecule has 1 fully saturated rings. The van der Waals surface area contributed by atoms with E-state index in [-0.39, 0.29) is 18.2 Å². The fraction of sp³-hybridized carbons (Fsp3) is 0.278. The average Bonchev–Trinajstić information content (AvgIpc) is 3.05. The minimum absolute atomic E-state index is 0.0290. The Kier molecular flexibility index (Phi) is 4.46. The van der Waals surface area contributed by atoms with E-state index in [1.54, 1.807) is 23.1 Å². The second-order valence-corrected chi connectivity index (χ2v) is 9.15. The maximum absolute atomic E-state index is 12.9. The molecule has 26 heavy (non-hydrogen) atoms. The smallest absolute Gasteiger partial charge is 0.253 e. The van der Waals surface area contributed by atoms with Gasteiger partial charge in [-0.1, -0.05) is 30.3 Å². The van der Waals surface area contributed by atoms with Crippen LogP contribution >= 0.6 is 11.7 Å². The molecule has 1 saturated heterocycles. The van der Waals surface area contributed by atoms with Crippen molar-refractivity contribution in [2.75, 3.05) is 18.8 Å². The maximum Gasteiger partial charge on any atom is 0.253 e. The standard InChI is InChI=1S/C18H17N3O3S2/c22-18(14-6-7-15-16(12-14)20-25-19-15)21-9-8-17(26(23,24)11-10-21)13-4-2-1-3-5-13/h1-7,12,17H,8-11H2. The lowest BCUT2D eigenvalue weighted by Gasteiger charge is -2.20. The van der Waals surface area contributed by atoms with Crippen LogP contribution in [0, 0.1) is 0 Å². The lowest BCUT2D eigenvalue weighted by molar-refractivity contribution is 0.0766. The third-order valence-electron chi connectivity index (χ3n) is 4.70. The minimum Gasteiger partial charge on any atom is -0.338 e. The lowest BCUT2D eigenvalue weighted by atomic mass is 10.1. The maximum atomic E-state index is 12.9. The summed E-state index contributed by atoms with van der Waals surface area (Å²) in [4.78, 5) is 14.5. The Balaban J connectivity index is 1.58. The highest BCUT2D eigenvalue weighted by Gasteiger charge is 2.32. The number of fused-ring (bicyclic) bond motifs is 1. The van der Waals surface area contributed by atoms with Gasteiger partial charge in [-0.2, -0.15) is 8.75 Å². The molecular formula is C18H17N3O3S2. The number of benzene rings is 2. The molecule has 1 aliphatic rings. The van der Waals surface area contributed by atoms with Gasteiger partial charge in [-0.3, -0.25) is 4.79 Å². The number of sulfone groups is 1. The van der Waals surface area contributed by atoms with Crippen LogP contribution in [0.15, 0.2) is 48.5 Å². The summed E-state index contributed by atoms with van der Waals surface area (Å²) in [6, 6.07) is 14.4. The zero-order valence-corrected chi connectivity index (χ0v) is 15.5. The van der Waals surface area contributed by atoms with E-state index >= 15 is 0 Å². The summed E-state index contributed by atoms with van der Waals surface area (Å²) in [6.07, 6.45) is 0.401. The summed E-state index contributed by atoms with van der Waals surface area (Å²) in [6.45, 7) is 0.614. The molecule has 1 unspecified atom stereocenters. The number of aromatic nitrogens is 2. The van der Waals surface area contributed by atoms with Crippen molar-refractivity contribution in [3.8, 4) is 0 Å². The van der Waals surface area contributed by atoms with E-state index in [0.717, 1.165) is 22.8 Å². The summed E-state index contributed by atoms with van der Waals surface area (Å²) < 4.78 is 33.7. The molecule has 0 radical (unpaired) electrons. The molecule has 1 atom stereocenters. The summed E-state index contributed by atoms with van der Waals surface area (Å²) in [5.41, 5.74) is 2.75. The Morgan fingerprint density at radius 3 is 2.62 bits per heavy atom. The first kappa shape index (κ1) is 17.1. The Morgan fingerprint density at radius 2 is 1.81 bits per heavy atom. The number of carbonyl (C=O) groups is 1. The molecule has 8 heteroatoms. The van der Waals surface area contributed by atoms with E-state index in [2.05, 4.69) is 8.75 Å². The van der Waals surface area contributed by atoms with Crippen molar-refractivity contribution in [3.63, 3.8) is 0 Å². The van der Waals surface area contributed by atoms with Gasteiger partial charge in [0, 0.05) is 18.7 Å². The molecule has 0 saturated carbocycles. The van der Waals surface area contributed by atoms with E-state index in [4.69, 9.17) is 0 Å². The topological polar surface area (TPSA) is 80.2 Å². The van der Waals surface area contributed by atoms with Crippen molar-refractivity contribution in [2.24, 2.45) is 0 Å². The second-order valence-electron chi connectivity index (χ2n) is 6.31. The molecule has 3 aromatic rings. The zero-order chi connectivity index (χ0) is 18.1. The molecule has 2 heterocycles. The van der Waals surface area contributed by atoms with Crippen molar-refractivity contribution in [1.29, 1.82) is 0 Å². The average molecular weight is 387 g/mol. The van der Waals surface area contributed by atoms with Crippen LogP contribution in [0.1, 0.15) is 27.6 Å². The van der Waals surface area contributed by atoms with E-state index in [9.17, 15) is 13.2 Å². The fourth-order valence-electron chi connectivity index (χ4n) is 3.29. The van der Waals surface area contributed by atoms with Crippen molar-refractivity contribution in [2.45, 2.75) is 11.7 Å². The van der Waals surface area contributed by atoms with Crippen LogP contribution in [0.5, 0.6) is 0 Å². The first-order chi connectivity index (χ1) is 12.5. The fourth-order valence-corrected chi connectivity index (χ4v) is 5.60. The quantitative estimate of drug-likeness (QED) is 0.675. The molecule has 0 bridgehead atoms. The number of nitrogens with zero attached hydrogens (tertiary/aromatic N) is 3. The lowest BCUT2D eigenvalue weighted by Crippen LogP contribution is -2.33. The van der Waals surface area contributed by atoms with Gasteiger partial charge in [-0.15, -0.1) is 0 Å². The normalized spacial score (nSPS) is 20.0. The number of carbonyl (C=O) groups excluding carboxylic acids is 1. The zero-order valence-electron chi connectivity index (χ0n) is 13.9. The van der Waals surface area contributed by atoms with E-state index in [1.807, 2.05) is 30.3 Å². The molecule has 4 rings (SSSR count). The van der Waals surface area contributed by atoms with Crippen molar-refractivity contribution < 1.29 is 13.2 Å². The SMILES string of the molecule is O=C(c1ccc2nsnc2c1)N1CCC(c2ccccc2)S(=O)(=O)CC1. The molecule has 2 aromatic carbocycles. The predicted octanol–water partition coefficient (Wildman–Crippen LogP) is 2.69. The van der Waals surface area contributed by atoms with E-state index in [1.165, 1.54) is 0 Å². The van der Waals surface area contributed by atoms with Gasteiger partial charge < -0.3 is 4.90 Å². The summed E-state index contributed by atoms with van der Waals surface area (Å²) in [5.74, 6) is -0.192. The molecule has 1 amide bonds. The summed E-state index contributed by atoms with van der Waals surface area (Å²) >= 11 is 1.11. The van der Waals surface area contributed by atoms with Crippen LogP contribution in [-0.2, 0) is 9.84 Å². The largest absolute Gasteiger partial charge is 0.338 e. The van der Waals surface area contributed by atoms with Crippen molar-refractivity contribution >= 4 is 38.5 Å². The van der Waals surface area contributed by atoms with Crippen LogP contribution in [0.2, 0.25) is 0 Å². The molecular weight excluding hydrogens is 370 g/mol. The predicted molar refractivity (Wildman–Crippen MR) is 101 cm³/mol. The third kappa shape index (κ3) is 3.22. The molecule has 1 aromatic heterocycles. The summed E-state index contributed by atoms with van der Waals surface area (Å²) in [7, 11) is -3.30. The van der Waals surface area contributed by atoms with Gasteiger partial charge >= 0.3 is 0 Å². The monoisotopic (exact) mass is 387 g/mol. The summed E-state index contributed by atoms with van der Waals surface area (Å²) in [5, 5.41) is -0.563. The number of hydrogen-bond acceptors (Lipinski definition) is 6. The van der Waals surface area contributed by atoms with Crippen molar-refractivity contribution in [3.05, 3.63) is 59.7 Å². The van der Waals surface area contributed by atoms with Gasteiger partial charge in [-0.05, 0) is 30.2 Å². The Bertz CT molecular complexity index is 1050. The number of rotatable bonds is 2. The molecule has 1 aliphatic heterocycles. The van der Waals surface area contributed by atoms with Gasteiger partial charge in [0.1, 0.15) is 11.0 Å². The van der Waals surface area contributed by atoms with Gasteiger partial charge in [0.15, 0.2) is 9.84 Å². The minimum atomic E-state index is -3.30. The van der Waals surface area contributed by atoms with Gasteiger partial charge in [0.2, 0.25) is 0 Å². The van der Waals surface area contributed by atoms with Gasteiger partial charge in [-0.25, -0.2) is 8.42 Å². The second kappa shape index (κ2) is 6.77. The van der Waals surface area contributed by atoms with Crippen LogP contribution in [0.3, 0.4) is 0 Å². The molecule has 6 nitrogen and oxygen atoms in total. The Labute approximate surface area is 155 Å². The third-order valence-corrected chi connectivity index (χ3v) is 7.38. The van der Waals surface area contributed by atoms with Crippen molar-refractivity contribution in [1.82, 2.24) is 13.6 Å². The number of amides is 1. The molecule has 134 valence electrons. The van der Waals surface area contributed by atoms with Crippen LogP contribution in [0.4, 0.5) is 0 Å². The highest BCUT2D eigenvalue weighted by molar-refractivity contribution is 7.91. The van der Waals surface area contributed by atoms with E-state index in [0.29, 0.717) is 24.0 Å². The van der Waals surface area contributed by atoms with E-state index < -0.39 is 15.1 Å². The molecule has 0 aliphatic carbocycles. The van der Waals surface area contributed by atoms with Crippen LogP contribution in [-0.4, -0.2) is 46.8 Å². The van der Waals surface area contributed by atoms with Crippen LogP contribution < -0.4 is 0 Å². The van der Waals surface area contributed by atoms with Gasteiger partial charge in [0.05, 0.1) is 22.7 Å². The Morgan fingerprint density at radius 1 is 1.04 bits per heavy atom. The first-order valence-electron chi connectivity index (χ1n) is 8.33. The number of hydrogen-bond donors (Lipinski definition) is 0. The first-order valence-corrected chi connectivity index (χ1v) is 10.8. The van der Waals surface area contributed by atoms with Gasteiger partial charge in [0.25, 0.3) is 5.91 Å². The highest BCUT2D eigenvalue weighted by Crippen LogP contribution is 2.29. The Hall–Kier alpha value is -2.32. The van der Waals surface area contributed by atoms with Crippen LogP contribution in [0.25, 0.3) is 11.0 Å². The molecule has 0 N–H and O–H groups in total. The highest BCUT2D eigenvalue weighted by atomic mass is 32.2.